The SMILES string of the molecule is O=C(CCc1cnccn1)Nc1ccc(C2CCN(C(=O)c3cccc(Cc4cccc(F)c4)c3)CC2)cc1. The number of rotatable bonds is 8. The van der Waals surface area contributed by atoms with Crippen molar-refractivity contribution in [1.82, 2.24) is 14.9 Å². The van der Waals surface area contributed by atoms with E-state index in [1.54, 1.807) is 24.7 Å². The molecule has 0 radical (unpaired) electrons. The first-order valence-corrected chi connectivity index (χ1v) is 13.3. The van der Waals surface area contributed by atoms with E-state index in [-0.39, 0.29) is 17.6 Å². The number of hydrogen-bond donors (Lipinski definition) is 1. The van der Waals surface area contributed by atoms with E-state index in [4.69, 9.17) is 0 Å². The van der Waals surface area contributed by atoms with Gasteiger partial charge >= 0.3 is 0 Å². The number of nitrogens with one attached hydrogen (secondary N) is 1. The molecule has 5 rings (SSSR count). The summed E-state index contributed by atoms with van der Waals surface area (Å²) < 4.78 is 13.5. The Morgan fingerprint density at radius 2 is 1.67 bits per heavy atom. The van der Waals surface area contributed by atoms with Crippen LogP contribution in [0.3, 0.4) is 0 Å². The van der Waals surface area contributed by atoms with E-state index in [9.17, 15) is 14.0 Å². The van der Waals surface area contributed by atoms with Crippen LogP contribution in [0.1, 0.15) is 57.9 Å². The standard InChI is InChI=1S/C32H31FN4O2/c33-28-6-2-4-24(21-28)19-23-3-1-5-27(20-23)32(39)37-17-13-26(14-18-37)25-7-9-29(10-8-25)36-31(38)12-11-30-22-34-15-16-35-30/h1-10,15-16,20-22,26H,11-14,17-19H2,(H,36,38). The zero-order chi connectivity index (χ0) is 27.0. The molecule has 1 aliphatic rings. The Morgan fingerprint density at radius 3 is 2.38 bits per heavy atom. The Hall–Kier alpha value is -4.39. The van der Waals surface area contributed by atoms with E-state index in [1.165, 1.54) is 17.7 Å². The largest absolute Gasteiger partial charge is 0.339 e. The number of carbonyl (C=O) groups is 2. The fraction of sp³-hybridized carbons (Fsp3) is 0.250. The molecule has 1 aliphatic heterocycles. The minimum atomic E-state index is -0.253. The molecule has 3 aromatic carbocycles. The van der Waals surface area contributed by atoms with Crippen molar-refractivity contribution in [2.75, 3.05) is 18.4 Å². The van der Waals surface area contributed by atoms with Crippen LogP contribution in [0.4, 0.5) is 10.1 Å². The third-order valence-corrected chi connectivity index (χ3v) is 7.14. The number of likely N-dealkylation sites (tertiary alicyclic amines) is 1. The predicted octanol–water partition coefficient (Wildman–Crippen LogP) is 5.80. The van der Waals surface area contributed by atoms with Crippen molar-refractivity contribution in [2.24, 2.45) is 0 Å². The van der Waals surface area contributed by atoms with Crippen LogP contribution in [0.15, 0.2) is 91.4 Å². The lowest BCUT2D eigenvalue weighted by Crippen LogP contribution is -2.37. The summed E-state index contributed by atoms with van der Waals surface area (Å²) >= 11 is 0. The van der Waals surface area contributed by atoms with Gasteiger partial charge in [0.25, 0.3) is 5.91 Å². The molecule has 39 heavy (non-hydrogen) atoms. The van der Waals surface area contributed by atoms with Crippen molar-refractivity contribution < 1.29 is 14.0 Å². The molecule has 2 amide bonds. The number of piperidine rings is 1. The number of hydrogen-bond acceptors (Lipinski definition) is 4. The summed E-state index contributed by atoms with van der Waals surface area (Å²) in [7, 11) is 0. The Kier molecular flexibility index (Phi) is 8.36. The van der Waals surface area contributed by atoms with Crippen molar-refractivity contribution in [3.8, 4) is 0 Å². The van der Waals surface area contributed by atoms with Crippen LogP contribution in [-0.2, 0) is 17.6 Å². The first kappa shape index (κ1) is 26.2. The molecule has 6 nitrogen and oxygen atoms in total. The summed E-state index contributed by atoms with van der Waals surface area (Å²) in [5.74, 6) is 0.0978. The molecule has 0 atom stereocenters. The van der Waals surface area contributed by atoms with Gasteiger partial charge in [-0.2, -0.15) is 0 Å². The average molecular weight is 523 g/mol. The highest BCUT2D eigenvalue weighted by atomic mass is 19.1. The van der Waals surface area contributed by atoms with Crippen molar-refractivity contribution >= 4 is 17.5 Å². The van der Waals surface area contributed by atoms with Crippen molar-refractivity contribution in [2.45, 2.75) is 38.0 Å². The smallest absolute Gasteiger partial charge is 0.253 e. The fourth-order valence-corrected chi connectivity index (χ4v) is 5.06. The maximum absolute atomic E-state index is 13.5. The molecule has 0 aliphatic carbocycles. The highest BCUT2D eigenvalue weighted by Crippen LogP contribution is 2.29. The third kappa shape index (κ3) is 7.13. The zero-order valence-electron chi connectivity index (χ0n) is 21.7. The van der Waals surface area contributed by atoms with Gasteiger partial charge in [-0.1, -0.05) is 36.4 Å². The average Bonchev–Trinajstić information content (AvgIpc) is 2.97. The molecule has 2 heterocycles. The summed E-state index contributed by atoms with van der Waals surface area (Å²) in [4.78, 5) is 35.7. The van der Waals surface area contributed by atoms with Gasteiger partial charge in [0.05, 0.1) is 5.69 Å². The molecule has 0 bridgehead atoms. The zero-order valence-corrected chi connectivity index (χ0v) is 21.7. The number of amides is 2. The van der Waals surface area contributed by atoms with Crippen molar-refractivity contribution in [3.63, 3.8) is 0 Å². The predicted molar refractivity (Wildman–Crippen MR) is 149 cm³/mol. The number of anilines is 1. The second kappa shape index (κ2) is 12.4. The summed E-state index contributed by atoms with van der Waals surface area (Å²) in [5.41, 5.74) is 5.33. The molecule has 4 aromatic rings. The Morgan fingerprint density at radius 1 is 0.923 bits per heavy atom. The lowest BCUT2D eigenvalue weighted by Gasteiger charge is -2.32. The van der Waals surface area contributed by atoms with Gasteiger partial charge in [0.15, 0.2) is 0 Å². The molecule has 0 spiro atoms. The first-order valence-electron chi connectivity index (χ1n) is 13.3. The molecular formula is C32H31FN4O2. The lowest BCUT2D eigenvalue weighted by molar-refractivity contribution is -0.116. The summed E-state index contributed by atoms with van der Waals surface area (Å²) in [6.07, 6.45) is 8.17. The number of benzene rings is 3. The molecule has 1 fully saturated rings. The third-order valence-electron chi connectivity index (χ3n) is 7.14. The van der Waals surface area contributed by atoms with Gasteiger partial charge in [-0.3, -0.25) is 19.6 Å². The minimum Gasteiger partial charge on any atom is -0.339 e. The number of nitrogens with zero attached hydrogens (tertiary/aromatic N) is 3. The van der Waals surface area contributed by atoms with E-state index in [0.717, 1.165) is 35.3 Å². The van der Waals surface area contributed by atoms with E-state index in [0.29, 0.717) is 43.8 Å². The Balaban J connectivity index is 1.11. The second-order valence-electron chi connectivity index (χ2n) is 9.94. The van der Waals surface area contributed by atoms with E-state index < -0.39 is 0 Å². The van der Waals surface area contributed by atoms with Gasteiger partial charge in [-0.15, -0.1) is 0 Å². The van der Waals surface area contributed by atoms with Crippen LogP contribution in [0.25, 0.3) is 0 Å². The molecule has 0 unspecified atom stereocenters. The van der Waals surface area contributed by atoms with Crippen LogP contribution < -0.4 is 5.32 Å². The van der Waals surface area contributed by atoms with Crippen LogP contribution in [0.5, 0.6) is 0 Å². The fourth-order valence-electron chi connectivity index (χ4n) is 5.06. The lowest BCUT2D eigenvalue weighted by atomic mass is 9.89. The van der Waals surface area contributed by atoms with Gasteiger partial charge in [0, 0.05) is 49.4 Å². The quantitative estimate of drug-likeness (QED) is 0.318. The molecule has 7 heteroatoms. The van der Waals surface area contributed by atoms with Crippen LogP contribution in [0, 0.1) is 5.82 Å². The summed E-state index contributed by atoms with van der Waals surface area (Å²) in [5, 5.41) is 2.95. The van der Waals surface area contributed by atoms with Gasteiger partial charge < -0.3 is 10.2 Å². The highest BCUT2D eigenvalue weighted by Gasteiger charge is 2.24. The number of carbonyl (C=O) groups excluding carboxylic acids is 2. The normalized spacial score (nSPS) is 13.7. The maximum Gasteiger partial charge on any atom is 0.253 e. The van der Waals surface area contributed by atoms with E-state index in [2.05, 4.69) is 27.4 Å². The van der Waals surface area contributed by atoms with E-state index in [1.807, 2.05) is 47.4 Å². The Labute approximate surface area is 227 Å². The number of aryl methyl sites for hydroxylation is 1. The molecule has 1 aromatic heterocycles. The number of halogens is 1. The van der Waals surface area contributed by atoms with Crippen molar-refractivity contribution in [1.29, 1.82) is 0 Å². The monoisotopic (exact) mass is 522 g/mol. The van der Waals surface area contributed by atoms with Crippen molar-refractivity contribution in [3.05, 3.63) is 125 Å². The van der Waals surface area contributed by atoms with Crippen LogP contribution in [0.2, 0.25) is 0 Å². The minimum absolute atomic E-state index is 0.0362. The highest BCUT2D eigenvalue weighted by molar-refractivity contribution is 5.94. The second-order valence-corrected chi connectivity index (χ2v) is 9.94. The van der Waals surface area contributed by atoms with E-state index >= 15 is 0 Å². The maximum atomic E-state index is 13.5. The van der Waals surface area contributed by atoms with Gasteiger partial charge in [0.2, 0.25) is 5.91 Å². The molecule has 1 saturated heterocycles. The van der Waals surface area contributed by atoms with Crippen LogP contribution in [-0.4, -0.2) is 39.8 Å². The number of aromatic nitrogens is 2. The van der Waals surface area contributed by atoms with Gasteiger partial charge in [-0.25, -0.2) is 4.39 Å². The Bertz CT molecular complexity index is 1420. The topological polar surface area (TPSA) is 75.2 Å². The van der Waals surface area contributed by atoms with Crippen LogP contribution >= 0.6 is 0 Å². The molecule has 0 saturated carbocycles. The van der Waals surface area contributed by atoms with Gasteiger partial charge in [-0.05, 0) is 84.7 Å². The molecular weight excluding hydrogens is 491 g/mol. The summed E-state index contributed by atoms with van der Waals surface area (Å²) in [6.45, 7) is 1.39. The first-order chi connectivity index (χ1) is 19.0. The molecule has 1 N–H and O–H groups in total. The van der Waals surface area contributed by atoms with Gasteiger partial charge in [0.1, 0.15) is 5.82 Å². The summed E-state index contributed by atoms with van der Waals surface area (Å²) in [6, 6.07) is 22.2. The molecule has 198 valence electrons.